The van der Waals surface area contributed by atoms with Crippen LogP contribution in [0, 0.1) is 13.8 Å². The summed E-state index contributed by atoms with van der Waals surface area (Å²) in [5, 5.41) is 3.05. The summed E-state index contributed by atoms with van der Waals surface area (Å²) in [4.78, 5) is 27.1. The van der Waals surface area contributed by atoms with Gasteiger partial charge in [-0.1, -0.05) is 42.5 Å². The molecule has 4 nitrogen and oxygen atoms in total. The summed E-state index contributed by atoms with van der Waals surface area (Å²) in [6.45, 7) is 4.03. The largest absolute Gasteiger partial charge is 0.324 e. The molecule has 2 heterocycles. The van der Waals surface area contributed by atoms with E-state index in [1.54, 1.807) is 11.8 Å². The van der Waals surface area contributed by atoms with Gasteiger partial charge < -0.3 is 10.2 Å². The van der Waals surface area contributed by atoms with Gasteiger partial charge >= 0.3 is 0 Å². The Morgan fingerprint density at radius 3 is 2.69 bits per heavy atom. The van der Waals surface area contributed by atoms with Crippen LogP contribution in [0.25, 0.3) is 0 Å². The van der Waals surface area contributed by atoms with Crippen molar-refractivity contribution in [2.75, 3.05) is 11.1 Å². The van der Waals surface area contributed by atoms with Crippen molar-refractivity contribution in [1.29, 1.82) is 0 Å². The van der Waals surface area contributed by atoms with Gasteiger partial charge in [-0.25, -0.2) is 0 Å². The average Bonchev–Trinajstić information content (AvgIpc) is 3.19. The van der Waals surface area contributed by atoms with Gasteiger partial charge in [-0.05, 0) is 43.0 Å². The number of rotatable bonds is 3. The highest BCUT2D eigenvalue weighted by atomic mass is 32.2. The van der Waals surface area contributed by atoms with E-state index in [1.165, 1.54) is 0 Å². The summed E-state index contributed by atoms with van der Waals surface area (Å²) in [5.41, 5.74) is 4.13. The minimum absolute atomic E-state index is 0.0694. The van der Waals surface area contributed by atoms with Crippen LogP contribution in [0.4, 0.5) is 5.69 Å². The van der Waals surface area contributed by atoms with Crippen molar-refractivity contribution in [3.63, 3.8) is 0 Å². The Labute approximate surface area is 158 Å². The molecule has 2 saturated heterocycles. The maximum Gasteiger partial charge on any atom is 0.248 e. The second-order valence-electron chi connectivity index (χ2n) is 6.98. The van der Waals surface area contributed by atoms with Crippen molar-refractivity contribution in [2.45, 2.75) is 37.6 Å². The molecule has 4 rings (SSSR count). The molecule has 0 saturated carbocycles. The molecular weight excluding hydrogens is 344 g/mol. The lowest BCUT2D eigenvalue weighted by molar-refractivity contribution is -0.136. The Balaban J connectivity index is 1.63. The van der Waals surface area contributed by atoms with Crippen molar-refractivity contribution in [3.05, 3.63) is 65.2 Å². The Morgan fingerprint density at radius 1 is 1.15 bits per heavy atom. The normalized spacial score (nSPS) is 24.6. The topological polar surface area (TPSA) is 49.4 Å². The van der Waals surface area contributed by atoms with Crippen LogP contribution in [0.5, 0.6) is 0 Å². The molecule has 2 aliphatic heterocycles. The summed E-state index contributed by atoms with van der Waals surface area (Å²) in [5.74, 6) is 0.594. The smallest absolute Gasteiger partial charge is 0.248 e. The molecule has 2 amide bonds. The van der Waals surface area contributed by atoms with Crippen molar-refractivity contribution >= 4 is 29.3 Å². The molecule has 2 aromatic carbocycles. The van der Waals surface area contributed by atoms with Gasteiger partial charge in [0.1, 0.15) is 10.9 Å². The molecule has 0 aliphatic carbocycles. The van der Waals surface area contributed by atoms with E-state index < -0.39 is 10.9 Å². The van der Waals surface area contributed by atoms with Crippen LogP contribution < -0.4 is 5.32 Å². The number of thioether (sulfide) groups is 1. The second-order valence-corrected chi connectivity index (χ2v) is 8.28. The Hall–Kier alpha value is -2.27. The Kier molecular flexibility index (Phi) is 4.27. The highest BCUT2D eigenvalue weighted by molar-refractivity contribution is 8.00. The third kappa shape index (κ3) is 2.62. The highest BCUT2D eigenvalue weighted by Crippen LogP contribution is 2.54. The fraction of sp³-hybridized carbons (Fsp3) is 0.333. The number of benzene rings is 2. The monoisotopic (exact) mass is 366 g/mol. The van der Waals surface area contributed by atoms with Crippen LogP contribution in [-0.2, 0) is 14.5 Å². The fourth-order valence-corrected chi connectivity index (χ4v) is 5.59. The van der Waals surface area contributed by atoms with E-state index in [-0.39, 0.29) is 11.8 Å². The van der Waals surface area contributed by atoms with Gasteiger partial charge in [-0.2, -0.15) is 0 Å². The zero-order valence-electron chi connectivity index (χ0n) is 15.0. The number of hydrogen-bond acceptors (Lipinski definition) is 3. The number of nitrogens with zero attached hydrogens (tertiary/aromatic N) is 1. The molecule has 134 valence electrons. The van der Waals surface area contributed by atoms with Crippen LogP contribution in [0.3, 0.4) is 0 Å². The standard InChI is InChI=1S/C21H22N2O2S/c1-14-7-6-10-17(15(14)2)22-20(25)18-13-26-21(12-11-19(24)23(18)21)16-8-4-3-5-9-16/h3-10,18H,11-13H2,1-2H3,(H,22,25)/t18-,21+/m1/s1. The van der Waals surface area contributed by atoms with Crippen LogP contribution in [0.1, 0.15) is 29.5 Å². The first-order valence-corrected chi connectivity index (χ1v) is 9.90. The number of nitrogens with one attached hydrogen (secondary N) is 1. The molecule has 0 bridgehead atoms. The van der Waals surface area contributed by atoms with Crippen LogP contribution in [-0.4, -0.2) is 28.5 Å². The van der Waals surface area contributed by atoms with Crippen molar-refractivity contribution in [1.82, 2.24) is 4.90 Å². The number of anilines is 1. The van der Waals surface area contributed by atoms with Crippen LogP contribution >= 0.6 is 11.8 Å². The maximum atomic E-state index is 13.0. The van der Waals surface area contributed by atoms with Gasteiger partial charge in [0.25, 0.3) is 0 Å². The Bertz CT molecular complexity index is 868. The number of aryl methyl sites for hydroxylation is 1. The Morgan fingerprint density at radius 2 is 1.92 bits per heavy atom. The molecule has 2 aromatic rings. The molecule has 1 N–H and O–H groups in total. The third-order valence-electron chi connectivity index (χ3n) is 5.52. The van der Waals surface area contributed by atoms with Gasteiger partial charge in [0.15, 0.2) is 0 Å². The van der Waals surface area contributed by atoms with E-state index in [0.717, 1.165) is 28.8 Å². The molecule has 2 aliphatic rings. The zero-order chi connectivity index (χ0) is 18.3. The van der Waals surface area contributed by atoms with Gasteiger partial charge in [0.2, 0.25) is 11.8 Å². The summed E-state index contributed by atoms with van der Waals surface area (Å²) in [6.07, 6.45) is 1.25. The molecule has 2 fully saturated rings. The maximum absolute atomic E-state index is 13.0. The molecule has 26 heavy (non-hydrogen) atoms. The quantitative estimate of drug-likeness (QED) is 0.898. The predicted octanol–water partition coefficient (Wildman–Crippen LogP) is 3.83. The summed E-state index contributed by atoms with van der Waals surface area (Å²) >= 11 is 1.72. The highest BCUT2D eigenvalue weighted by Gasteiger charge is 2.56. The van der Waals surface area contributed by atoms with E-state index in [2.05, 4.69) is 17.4 Å². The van der Waals surface area contributed by atoms with E-state index in [0.29, 0.717) is 12.2 Å². The molecule has 0 aromatic heterocycles. The second kappa shape index (κ2) is 6.47. The summed E-state index contributed by atoms with van der Waals surface area (Å²) in [7, 11) is 0. The van der Waals surface area contributed by atoms with Crippen molar-refractivity contribution in [3.8, 4) is 0 Å². The molecule has 2 atom stereocenters. The first-order valence-electron chi connectivity index (χ1n) is 8.92. The predicted molar refractivity (Wildman–Crippen MR) is 105 cm³/mol. The fourth-order valence-electron chi connectivity index (χ4n) is 3.94. The SMILES string of the molecule is Cc1cccc(NC(=O)[C@H]2CS[C@]3(c4ccccc4)CCC(=O)N23)c1C. The number of carbonyl (C=O) groups is 2. The van der Waals surface area contributed by atoms with Crippen LogP contribution in [0.15, 0.2) is 48.5 Å². The van der Waals surface area contributed by atoms with Crippen molar-refractivity contribution in [2.24, 2.45) is 0 Å². The van der Waals surface area contributed by atoms with Gasteiger partial charge in [0, 0.05) is 17.9 Å². The number of carbonyl (C=O) groups excluding carboxylic acids is 2. The van der Waals surface area contributed by atoms with Crippen molar-refractivity contribution < 1.29 is 9.59 Å². The first-order chi connectivity index (χ1) is 12.5. The van der Waals surface area contributed by atoms with Gasteiger partial charge in [0.05, 0.1) is 0 Å². The van der Waals surface area contributed by atoms with E-state index in [4.69, 9.17) is 0 Å². The summed E-state index contributed by atoms with van der Waals surface area (Å²) in [6, 6.07) is 15.5. The van der Waals surface area contributed by atoms with E-state index >= 15 is 0 Å². The number of fused-ring (bicyclic) bond motifs is 1. The molecule has 0 spiro atoms. The molecule has 5 heteroatoms. The lowest BCUT2D eigenvalue weighted by Gasteiger charge is -2.34. The molecule has 0 radical (unpaired) electrons. The molecular formula is C21H22N2O2S. The van der Waals surface area contributed by atoms with E-state index in [1.807, 2.05) is 55.1 Å². The minimum atomic E-state index is -0.435. The lowest BCUT2D eigenvalue weighted by Crippen LogP contribution is -2.48. The zero-order valence-corrected chi connectivity index (χ0v) is 15.8. The number of hydrogen-bond donors (Lipinski definition) is 1. The molecule has 0 unspecified atom stereocenters. The average molecular weight is 366 g/mol. The summed E-state index contributed by atoms with van der Waals surface area (Å²) < 4.78 is 0. The minimum Gasteiger partial charge on any atom is -0.324 e. The van der Waals surface area contributed by atoms with Crippen LogP contribution in [0.2, 0.25) is 0 Å². The van der Waals surface area contributed by atoms with Gasteiger partial charge in [-0.3, -0.25) is 9.59 Å². The third-order valence-corrected chi connectivity index (χ3v) is 7.11. The van der Waals surface area contributed by atoms with Gasteiger partial charge in [-0.15, -0.1) is 11.8 Å². The number of amides is 2. The lowest BCUT2D eigenvalue weighted by atomic mass is 10.0. The van der Waals surface area contributed by atoms with E-state index in [9.17, 15) is 9.59 Å². The first kappa shape index (κ1) is 17.2.